The van der Waals surface area contributed by atoms with Crippen LogP contribution in [0.2, 0.25) is 0 Å². The first-order valence-electron chi connectivity index (χ1n) is 8.27. The minimum absolute atomic E-state index is 0.133. The highest BCUT2D eigenvalue weighted by Gasteiger charge is 2.16. The van der Waals surface area contributed by atoms with Crippen LogP contribution in [0.1, 0.15) is 19.3 Å². The lowest BCUT2D eigenvalue weighted by molar-refractivity contribution is 0.0169. The summed E-state index contributed by atoms with van der Waals surface area (Å²) in [6.07, 6.45) is 2.85. The zero-order chi connectivity index (χ0) is 17.7. The van der Waals surface area contributed by atoms with Crippen LogP contribution in [0.4, 0.5) is 0 Å². The van der Waals surface area contributed by atoms with Crippen molar-refractivity contribution in [3.8, 4) is 0 Å². The minimum atomic E-state index is -3.61. The maximum absolute atomic E-state index is 12.3. The van der Waals surface area contributed by atoms with Crippen molar-refractivity contribution < 1.29 is 22.3 Å². The van der Waals surface area contributed by atoms with Gasteiger partial charge < -0.3 is 13.9 Å². The molecule has 1 saturated heterocycles. The lowest BCUT2D eigenvalue weighted by Crippen LogP contribution is -2.26. The third kappa shape index (κ3) is 4.88. The highest BCUT2D eigenvalue weighted by atomic mass is 32.2. The van der Waals surface area contributed by atoms with Gasteiger partial charge in [-0.15, -0.1) is 0 Å². The number of sulfonamides is 1. The largest absolute Gasteiger partial charge is 0.423 e. The molecule has 0 bridgehead atoms. The molecule has 1 aliphatic rings. The number of nitrogens with one attached hydrogen (secondary N) is 1. The summed E-state index contributed by atoms with van der Waals surface area (Å²) in [5.74, 6) is 0. The van der Waals surface area contributed by atoms with E-state index in [0.717, 1.165) is 19.4 Å². The number of ether oxygens (including phenoxy) is 2. The smallest absolute Gasteiger partial charge is 0.336 e. The molecule has 3 rings (SSSR count). The quantitative estimate of drug-likeness (QED) is 0.563. The lowest BCUT2D eigenvalue weighted by Gasteiger charge is -2.10. The maximum atomic E-state index is 12.3. The fourth-order valence-corrected chi connectivity index (χ4v) is 3.78. The summed E-state index contributed by atoms with van der Waals surface area (Å²) in [7, 11) is -3.61. The van der Waals surface area contributed by atoms with E-state index in [0.29, 0.717) is 30.6 Å². The number of fused-ring (bicyclic) bond motifs is 1. The Kier molecular flexibility index (Phi) is 5.85. The van der Waals surface area contributed by atoms with Gasteiger partial charge in [-0.05, 0) is 43.5 Å². The van der Waals surface area contributed by atoms with E-state index in [9.17, 15) is 13.2 Å². The van der Waals surface area contributed by atoms with Gasteiger partial charge >= 0.3 is 5.63 Å². The molecular formula is C17H21NO6S. The van der Waals surface area contributed by atoms with E-state index in [2.05, 4.69) is 4.72 Å². The van der Waals surface area contributed by atoms with Crippen LogP contribution in [0.15, 0.2) is 44.4 Å². The van der Waals surface area contributed by atoms with Crippen molar-refractivity contribution >= 4 is 21.0 Å². The SMILES string of the molecule is O=c1ccc2cc(S(=O)(=O)NCCCOCC3CCCO3)ccc2o1. The number of benzene rings is 1. The van der Waals surface area contributed by atoms with Crippen molar-refractivity contribution in [2.45, 2.75) is 30.3 Å². The maximum Gasteiger partial charge on any atom is 0.336 e. The van der Waals surface area contributed by atoms with Crippen LogP contribution in [0, 0.1) is 0 Å². The summed E-state index contributed by atoms with van der Waals surface area (Å²) < 4.78 is 43.1. The van der Waals surface area contributed by atoms with E-state index in [1.807, 2.05) is 0 Å². The third-order valence-electron chi connectivity index (χ3n) is 3.99. The zero-order valence-electron chi connectivity index (χ0n) is 13.8. The van der Waals surface area contributed by atoms with Gasteiger partial charge in [0.1, 0.15) is 5.58 Å². The molecule has 1 atom stereocenters. The molecule has 0 aliphatic carbocycles. The Morgan fingerprint density at radius 1 is 1.24 bits per heavy atom. The Morgan fingerprint density at radius 2 is 2.12 bits per heavy atom. The van der Waals surface area contributed by atoms with Crippen LogP contribution >= 0.6 is 0 Å². The van der Waals surface area contributed by atoms with Crippen LogP contribution in [0.3, 0.4) is 0 Å². The number of hydrogen-bond acceptors (Lipinski definition) is 6. The van der Waals surface area contributed by atoms with E-state index >= 15 is 0 Å². The molecular weight excluding hydrogens is 346 g/mol. The zero-order valence-corrected chi connectivity index (χ0v) is 14.6. The minimum Gasteiger partial charge on any atom is -0.423 e. The van der Waals surface area contributed by atoms with Crippen molar-refractivity contribution in [1.29, 1.82) is 0 Å². The van der Waals surface area contributed by atoms with Crippen LogP contribution < -0.4 is 10.3 Å². The van der Waals surface area contributed by atoms with Gasteiger partial charge in [0.15, 0.2) is 0 Å². The molecule has 0 saturated carbocycles. The van der Waals surface area contributed by atoms with E-state index in [1.54, 1.807) is 6.07 Å². The lowest BCUT2D eigenvalue weighted by atomic mass is 10.2. The fourth-order valence-electron chi connectivity index (χ4n) is 2.67. The molecule has 0 radical (unpaired) electrons. The van der Waals surface area contributed by atoms with Gasteiger partial charge in [0.05, 0.1) is 17.6 Å². The van der Waals surface area contributed by atoms with Gasteiger partial charge in [0.2, 0.25) is 10.0 Å². The molecule has 25 heavy (non-hydrogen) atoms. The molecule has 1 unspecified atom stereocenters. The van der Waals surface area contributed by atoms with E-state index < -0.39 is 15.6 Å². The number of hydrogen-bond donors (Lipinski definition) is 1. The Labute approximate surface area is 146 Å². The Hall–Kier alpha value is -1.74. The monoisotopic (exact) mass is 367 g/mol. The molecule has 8 heteroatoms. The highest BCUT2D eigenvalue weighted by Crippen LogP contribution is 2.17. The molecule has 136 valence electrons. The van der Waals surface area contributed by atoms with Crippen LogP contribution in [-0.4, -0.2) is 40.9 Å². The molecule has 0 amide bonds. The molecule has 7 nitrogen and oxygen atoms in total. The summed E-state index contributed by atoms with van der Waals surface area (Å²) in [5, 5.41) is 0.558. The van der Waals surface area contributed by atoms with Crippen LogP contribution in [0.5, 0.6) is 0 Å². The molecule has 1 aromatic heterocycles. The molecule has 2 heterocycles. The standard InChI is InChI=1S/C17H21NO6S/c19-17-7-4-13-11-15(5-6-16(13)24-17)25(20,21)18-8-2-9-22-12-14-3-1-10-23-14/h4-7,11,14,18H,1-3,8-10,12H2. The fraction of sp³-hybridized carbons (Fsp3) is 0.471. The van der Waals surface area contributed by atoms with Crippen molar-refractivity contribution in [3.63, 3.8) is 0 Å². The van der Waals surface area contributed by atoms with Crippen molar-refractivity contribution in [1.82, 2.24) is 4.72 Å². The second-order valence-corrected chi connectivity index (χ2v) is 7.68. The first-order chi connectivity index (χ1) is 12.0. The second kappa shape index (κ2) is 8.09. The Morgan fingerprint density at radius 3 is 2.92 bits per heavy atom. The summed E-state index contributed by atoms with van der Waals surface area (Å²) in [5.41, 5.74) is -0.113. The molecule has 1 aliphatic heterocycles. The van der Waals surface area contributed by atoms with E-state index in [-0.39, 0.29) is 17.5 Å². The Balaban J connectivity index is 1.49. The topological polar surface area (TPSA) is 94.8 Å². The highest BCUT2D eigenvalue weighted by molar-refractivity contribution is 7.89. The summed E-state index contributed by atoms with van der Waals surface area (Å²) in [6.45, 7) is 2.12. The average Bonchev–Trinajstić information content (AvgIpc) is 3.10. The van der Waals surface area contributed by atoms with Gasteiger partial charge in [-0.25, -0.2) is 17.9 Å². The van der Waals surface area contributed by atoms with E-state index in [4.69, 9.17) is 13.9 Å². The Bertz CT molecular complexity index is 870. The van der Waals surface area contributed by atoms with Crippen LogP contribution in [-0.2, 0) is 19.5 Å². The van der Waals surface area contributed by atoms with E-state index in [1.165, 1.54) is 24.3 Å². The van der Waals surface area contributed by atoms with Crippen molar-refractivity contribution in [3.05, 3.63) is 40.8 Å². The van der Waals surface area contributed by atoms with Gasteiger partial charge in [-0.1, -0.05) is 0 Å². The predicted octanol–water partition coefficient (Wildman–Crippen LogP) is 1.66. The van der Waals surface area contributed by atoms with Crippen LogP contribution in [0.25, 0.3) is 11.0 Å². The molecule has 1 aromatic carbocycles. The van der Waals surface area contributed by atoms with Gasteiger partial charge in [0, 0.05) is 31.2 Å². The number of rotatable bonds is 8. The van der Waals surface area contributed by atoms with Crippen molar-refractivity contribution in [2.75, 3.05) is 26.4 Å². The molecule has 2 aromatic rings. The summed E-state index contributed by atoms with van der Waals surface area (Å²) in [6, 6.07) is 7.18. The normalized spacial score (nSPS) is 18.0. The van der Waals surface area contributed by atoms with Gasteiger partial charge in [-0.3, -0.25) is 0 Å². The average molecular weight is 367 g/mol. The summed E-state index contributed by atoms with van der Waals surface area (Å²) >= 11 is 0. The second-order valence-electron chi connectivity index (χ2n) is 5.92. The van der Waals surface area contributed by atoms with Gasteiger partial charge in [-0.2, -0.15) is 0 Å². The third-order valence-corrected chi connectivity index (χ3v) is 5.45. The molecule has 0 spiro atoms. The predicted molar refractivity (Wildman–Crippen MR) is 92.1 cm³/mol. The first-order valence-corrected chi connectivity index (χ1v) is 9.76. The van der Waals surface area contributed by atoms with Gasteiger partial charge in [0.25, 0.3) is 0 Å². The molecule has 1 N–H and O–H groups in total. The first kappa shape index (κ1) is 18.1. The summed E-state index contributed by atoms with van der Waals surface area (Å²) in [4.78, 5) is 11.3. The van der Waals surface area contributed by atoms with Crippen molar-refractivity contribution in [2.24, 2.45) is 0 Å². The molecule has 1 fully saturated rings.